The van der Waals surface area contributed by atoms with Crippen LogP contribution in [0.5, 0.6) is 0 Å². The molecule has 0 radical (unpaired) electrons. The second kappa shape index (κ2) is 8.58. The van der Waals surface area contributed by atoms with Gasteiger partial charge in [-0.15, -0.1) is 0 Å². The second-order valence-electron chi connectivity index (χ2n) is 10.2. The molecular weight excluding hydrogens is 356 g/mol. The molecule has 3 rings (SSSR count). The van der Waals surface area contributed by atoms with Crippen LogP contribution >= 0.6 is 0 Å². The maximum atomic E-state index is 13.3. The molecule has 0 aromatic rings. The third-order valence-electron chi connectivity index (χ3n) is 7.44. The van der Waals surface area contributed by atoms with E-state index in [-0.39, 0.29) is 17.4 Å². The van der Waals surface area contributed by atoms with Gasteiger partial charge in [-0.3, -0.25) is 4.79 Å². The summed E-state index contributed by atoms with van der Waals surface area (Å²) >= 11 is 0. The average Bonchev–Trinajstić information content (AvgIpc) is 2.60. The van der Waals surface area contributed by atoms with Crippen molar-refractivity contribution >= 4 is 5.91 Å². The van der Waals surface area contributed by atoms with E-state index in [2.05, 4.69) is 39.6 Å². The Kier molecular flexibility index (Phi) is 6.75. The highest BCUT2D eigenvalue weighted by Gasteiger charge is 2.46. The van der Waals surface area contributed by atoms with Crippen LogP contribution < -0.4 is 0 Å². The molecule has 1 saturated carbocycles. The molecule has 3 aliphatic rings. The van der Waals surface area contributed by atoms with Crippen LogP contribution in [0.15, 0.2) is 0 Å². The van der Waals surface area contributed by atoms with E-state index >= 15 is 0 Å². The van der Waals surface area contributed by atoms with Gasteiger partial charge in [-0.2, -0.15) is 0 Å². The fourth-order valence-electron chi connectivity index (χ4n) is 4.23. The van der Waals surface area contributed by atoms with Gasteiger partial charge in [0, 0.05) is 38.7 Å². The third-order valence-corrected chi connectivity index (χ3v) is 7.44. The Morgan fingerprint density at radius 3 is 2.11 bits per heavy atom. The average molecular weight is 397 g/mol. The molecule has 3 fully saturated rings. The Hall–Kier alpha value is -0.690. The van der Waals surface area contributed by atoms with Crippen molar-refractivity contribution in [3.8, 4) is 0 Å². The molecule has 6 heteroatoms. The zero-order chi connectivity index (χ0) is 20.5. The van der Waals surface area contributed by atoms with Crippen molar-refractivity contribution in [1.82, 2.24) is 9.80 Å². The maximum Gasteiger partial charge on any atom is 0.228 e. The summed E-state index contributed by atoms with van der Waals surface area (Å²) < 4.78 is 17.6. The van der Waals surface area contributed by atoms with E-state index < -0.39 is 5.41 Å². The molecule has 0 spiro atoms. The van der Waals surface area contributed by atoms with E-state index in [1.54, 1.807) is 7.11 Å². The Balaban J connectivity index is 1.44. The lowest BCUT2D eigenvalue weighted by Crippen LogP contribution is -2.55. The van der Waals surface area contributed by atoms with E-state index in [4.69, 9.17) is 14.2 Å². The smallest absolute Gasteiger partial charge is 0.228 e. The predicted octanol–water partition coefficient (Wildman–Crippen LogP) is 2.55. The Morgan fingerprint density at radius 2 is 1.57 bits per heavy atom. The molecule has 0 N–H and O–H groups in total. The Labute approximate surface area is 170 Å². The van der Waals surface area contributed by atoms with E-state index in [1.165, 1.54) is 0 Å². The quantitative estimate of drug-likeness (QED) is 0.631. The van der Waals surface area contributed by atoms with Crippen LogP contribution in [0.2, 0.25) is 0 Å². The molecule has 162 valence electrons. The van der Waals surface area contributed by atoms with E-state index in [0.29, 0.717) is 24.9 Å². The predicted molar refractivity (Wildman–Crippen MR) is 109 cm³/mol. The van der Waals surface area contributed by atoms with Crippen molar-refractivity contribution in [1.29, 1.82) is 0 Å². The first-order chi connectivity index (χ1) is 13.1. The lowest BCUT2D eigenvalue weighted by Gasteiger charge is -2.46. The standard InChI is InChI=1S/C22H40N2O4/c1-21(2,15-27-19-13-23(5)14-19)22(3,4)20(25)24-9-7-16(8-10-24)28-18-11-17(12-18)26-6/h16-19H,7-15H2,1-6H3. The van der Waals surface area contributed by atoms with Crippen molar-refractivity contribution in [2.45, 2.75) is 77.8 Å². The summed E-state index contributed by atoms with van der Waals surface area (Å²) in [5, 5.41) is 0. The van der Waals surface area contributed by atoms with E-state index in [1.807, 2.05) is 4.90 Å². The number of hydrogen-bond donors (Lipinski definition) is 0. The molecule has 0 aromatic carbocycles. The van der Waals surface area contributed by atoms with Crippen LogP contribution in [-0.2, 0) is 19.0 Å². The highest BCUT2D eigenvalue weighted by atomic mass is 16.5. The van der Waals surface area contributed by atoms with Crippen molar-refractivity contribution in [3.63, 3.8) is 0 Å². The molecule has 0 bridgehead atoms. The molecule has 28 heavy (non-hydrogen) atoms. The van der Waals surface area contributed by atoms with Gasteiger partial charge in [-0.05, 0) is 32.7 Å². The van der Waals surface area contributed by atoms with Gasteiger partial charge in [0.05, 0.1) is 36.4 Å². The number of ether oxygens (including phenoxy) is 3. The molecule has 1 aliphatic carbocycles. The number of carbonyl (C=O) groups excluding carboxylic acids is 1. The summed E-state index contributed by atoms with van der Waals surface area (Å²) in [6.45, 7) is 12.6. The maximum absolute atomic E-state index is 13.3. The van der Waals surface area contributed by atoms with Gasteiger partial charge in [0.1, 0.15) is 0 Å². The van der Waals surface area contributed by atoms with Gasteiger partial charge in [-0.1, -0.05) is 27.7 Å². The van der Waals surface area contributed by atoms with Crippen molar-refractivity contribution in [3.05, 3.63) is 0 Å². The molecule has 2 heterocycles. The van der Waals surface area contributed by atoms with Crippen LogP contribution in [0.3, 0.4) is 0 Å². The molecule has 0 atom stereocenters. The first-order valence-corrected chi connectivity index (χ1v) is 10.9. The normalized spacial score (nSPS) is 28.1. The topological polar surface area (TPSA) is 51.2 Å². The summed E-state index contributed by atoms with van der Waals surface area (Å²) in [5.41, 5.74) is -0.678. The Morgan fingerprint density at radius 1 is 0.964 bits per heavy atom. The van der Waals surface area contributed by atoms with Gasteiger partial charge >= 0.3 is 0 Å². The molecule has 0 aromatic heterocycles. The molecule has 2 saturated heterocycles. The summed E-state index contributed by atoms with van der Waals surface area (Å²) in [5.74, 6) is 0.244. The first-order valence-electron chi connectivity index (χ1n) is 10.9. The number of hydrogen-bond acceptors (Lipinski definition) is 5. The number of nitrogens with zero attached hydrogens (tertiary/aromatic N) is 2. The second-order valence-corrected chi connectivity index (χ2v) is 10.2. The minimum Gasteiger partial charge on any atom is -0.381 e. The lowest BCUT2D eigenvalue weighted by atomic mass is 9.67. The van der Waals surface area contributed by atoms with Gasteiger partial charge in [-0.25, -0.2) is 0 Å². The molecular formula is C22H40N2O4. The molecule has 1 amide bonds. The number of likely N-dealkylation sites (N-methyl/N-ethyl adjacent to an activating group) is 1. The number of carbonyl (C=O) groups is 1. The SMILES string of the molecule is COC1CC(OC2CCN(C(=O)C(C)(C)C(C)(C)COC3CN(C)C3)CC2)C1. The highest BCUT2D eigenvalue weighted by Crippen LogP contribution is 2.41. The van der Waals surface area contributed by atoms with Crippen LogP contribution in [0.1, 0.15) is 53.4 Å². The molecule has 2 aliphatic heterocycles. The van der Waals surface area contributed by atoms with Gasteiger partial charge in [0.15, 0.2) is 0 Å². The lowest BCUT2D eigenvalue weighted by molar-refractivity contribution is -0.159. The number of methoxy groups -OCH3 is 1. The minimum absolute atomic E-state index is 0.216. The fraction of sp³-hybridized carbons (Fsp3) is 0.955. The number of amides is 1. The monoisotopic (exact) mass is 396 g/mol. The van der Waals surface area contributed by atoms with E-state index in [9.17, 15) is 4.79 Å². The number of rotatable bonds is 8. The van der Waals surface area contributed by atoms with Crippen molar-refractivity contribution in [2.75, 3.05) is 46.9 Å². The van der Waals surface area contributed by atoms with E-state index in [0.717, 1.165) is 51.9 Å². The third kappa shape index (κ3) is 4.72. The Bertz CT molecular complexity index is 531. The van der Waals surface area contributed by atoms with Crippen molar-refractivity contribution < 1.29 is 19.0 Å². The summed E-state index contributed by atoms with van der Waals surface area (Å²) in [6.07, 6.45) is 5.19. The molecule has 0 unspecified atom stereocenters. The summed E-state index contributed by atoms with van der Waals surface area (Å²) in [7, 11) is 3.87. The van der Waals surface area contributed by atoms with Crippen LogP contribution in [-0.4, -0.2) is 87.1 Å². The number of likely N-dealkylation sites (tertiary alicyclic amines) is 2. The first kappa shape index (κ1) is 22.0. The highest BCUT2D eigenvalue weighted by molar-refractivity contribution is 5.83. The van der Waals surface area contributed by atoms with Crippen LogP contribution in [0.25, 0.3) is 0 Å². The van der Waals surface area contributed by atoms with Crippen LogP contribution in [0.4, 0.5) is 0 Å². The fourth-order valence-corrected chi connectivity index (χ4v) is 4.23. The van der Waals surface area contributed by atoms with Gasteiger partial charge in [0.2, 0.25) is 5.91 Å². The van der Waals surface area contributed by atoms with Crippen LogP contribution in [0, 0.1) is 10.8 Å². The minimum atomic E-state index is -0.462. The van der Waals surface area contributed by atoms with Gasteiger partial charge in [0.25, 0.3) is 0 Å². The largest absolute Gasteiger partial charge is 0.381 e. The zero-order valence-corrected chi connectivity index (χ0v) is 18.7. The number of piperidine rings is 1. The summed E-state index contributed by atoms with van der Waals surface area (Å²) in [4.78, 5) is 17.6. The van der Waals surface area contributed by atoms with Gasteiger partial charge < -0.3 is 24.0 Å². The summed E-state index contributed by atoms with van der Waals surface area (Å²) in [6, 6.07) is 0. The molecule has 6 nitrogen and oxygen atoms in total. The van der Waals surface area contributed by atoms with Crippen molar-refractivity contribution in [2.24, 2.45) is 10.8 Å². The zero-order valence-electron chi connectivity index (χ0n) is 18.7.